The summed E-state index contributed by atoms with van der Waals surface area (Å²) in [7, 11) is 0. The molecule has 1 aromatic rings. The molecule has 0 spiro atoms. The van der Waals surface area contributed by atoms with Crippen LogP contribution in [-0.4, -0.2) is 30.0 Å². The van der Waals surface area contributed by atoms with Crippen molar-refractivity contribution >= 4 is 5.97 Å². The number of carbonyl (C=O) groups excluding carboxylic acids is 1. The van der Waals surface area contributed by atoms with Crippen molar-refractivity contribution in [2.24, 2.45) is 0 Å². The van der Waals surface area contributed by atoms with Crippen LogP contribution >= 0.6 is 0 Å². The van der Waals surface area contributed by atoms with Crippen LogP contribution in [0.1, 0.15) is 25.3 Å². The first-order valence-corrected chi connectivity index (χ1v) is 6.22. The van der Waals surface area contributed by atoms with Gasteiger partial charge in [0, 0.05) is 0 Å². The van der Waals surface area contributed by atoms with E-state index in [1.54, 1.807) is 0 Å². The number of nitrogens with zero attached hydrogens (tertiary/aromatic N) is 1. The predicted octanol–water partition coefficient (Wildman–Crippen LogP) is 2.21. The number of hydrogen-bond acceptors (Lipinski definition) is 3. The second-order valence-corrected chi connectivity index (χ2v) is 4.51. The fourth-order valence-corrected chi connectivity index (χ4v) is 2.13. The number of esters is 1. The second-order valence-electron chi connectivity index (χ2n) is 4.51. The second kappa shape index (κ2) is 5.82. The fourth-order valence-electron chi connectivity index (χ4n) is 2.13. The van der Waals surface area contributed by atoms with E-state index in [2.05, 4.69) is 4.90 Å². The average molecular weight is 233 g/mol. The maximum atomic E-state index is 11.8. The van der Waals surface area contributed by atoms with Gasteiger partial charge in [0.05, 0.1) is 0 Å². The molecule has 0 radical (unpaired) electrons. The van der Waals surface area contributed by atoms with Crippen LogP contribution in [0.15, 0.2) is 30.3 Å². The third kappa shape index (κ3) is 3.30. The minimum Gasteiger partial charge on any atom is -0.460 e. The molecule has 0 aliphatic carbocycles. The summed E-state index contributed by atoms with van der Waals surface area (Å²) < 4.78 is 5.32. The van der Waals surface area contributed by atoms with Gasteiger partial charge >= 0.3 is 5.97 Å². The lowest BCUT2D eigenvalue weighted by atomic mass is 10.2. The number of rotatable bonds is 4. The lowest BCUT2D eigenvalue weighted by molar-refractivity contribution is -0.150. The molecule has 1 atom stereocenters. The molecule has 1 aliphatic heterocycles. The standard InChI is InChI=1S/C14H19NO2/c1-12(15-9-5-6-10-15)14(16)17-11-13-7-3-2-4-8-13/h2-4,7-8,12H,5-6,9-11H2,1H3. The highest BCUT2D eigenvalue weighted by Crippen LogP contribution is 2.13. The summed E-state index contributed by atoms with van der Waals surface area (Å²) in [6.07, 6.45) is 2.38. The molecule has 1 heterocycles. The van der Waals surface area contributed by atoms with Gasteiger partial charge in [-0.3, -0.25) is 9.69 Å². The number of carbonyl (C=O) groups is 1. The SMILES string of the molecule is CC(C(=O)OCc1ccccc1)N1CCCC1. The van der Waals surface area contributed by atoms with Crippen LogP contribution < -0.4 is 0 Å². The molecule has 0 N–H and O–H groups in total. The van der Waals surface area contributed by atoms with E-state index < -0.39 is 0 Å². The zero-order chi connectivity index (χ0) is 12.1. The van der Waals surface area contributed by atoms with Crippen LogP contribution in [0.2, 0.25) is 0 Å². The van der Waals surface area contributed by atoms with Gasteiger partial charge in [-0.15, -0.1) is 0 Å². The molecule has 1 aromatic carbocycles. The highest BCUT2D eigenvalue weighted by Gasteiger charge is 2.24. The van der Waals surface area contributed by atoms with E-state index in [1.165, 1.54) is 12.8 Å². The first kappa shape index (κ1) is 12.1. The number of likely N-dealkylation sites (tertiary alicyclic amines) is 1. The van der Waals surface area contributed by atoms with Crippen LogP contribution in [-0.2, 0) is 16.1 Å². The Labute approximate surface area is 102 Å². The molecule has 0 saturated carbocycles. The van der Waals surface area contributed by atoms with E-state index in [9.17, 15) is 4.79 Å². The van der Waals surface area contributed by atoms with Gasteiger partial charge in [0.15, 0.2) is 0 Å². The number of benzene rings is 1. The van der Waals surface area contributed by atoms with Crippen molar-refractivity contribution in [3.8, 4) is 0 Å². The summed E-state index contributed by atoms with van der Waals surface area (Å²) in [6, 6.07) is 9.68. The number of ether oxygens (including phenoxy) is 1. The Morgan fingerprint density at radius 2 is 1.94 bits per heavy atom. The van der Waals surface area contributed by atoms with E-state index in [1.807, 2.05) is 37.3 Å². The molecule has 1 aliphatic rings. The summed E-state index contributed by atoms with van der Waals surface area (Å²) in [5, 5.41) is 0. The third-order valence-electron chi connectivity index (χ3n) is 3.25. The molecule has 1 unspecified atom stereocenters. The topological polar surface area (TPSA) is 29.5 Å². The molecule has 3 heteroatoms. The minimum absolute atomic E-state index is 0.110. The zero-order valence-electron chi connectivity index (χ0n) is 10.3. The summed E-state index contributed by atoms with van der Waals surface area (Å²) in [5.41, 5.74) is 1.04. The molecule has 0 amide bonds. The smallest absolute Gasteiger partial charge is 0.323 e. The van der Waals surface area contributed by atoms with E-state index in [4.69, 9.17) is 4.74 Å². The van der Waals surface area contributed by atoms with Gasteiger partial charge in [-0.25, -0.2) is 0 Å². The lowest BCUT2D eigenvalue weighted by Crippen LogP contribution is -2.37. The van der Waals surface area contributed by atoms with Crippen molar-refractivity contribution in [3.05, 3.63) is 35.9 Å². The molecule has 0 aromatic heterocycles. The summed E-state index contributed by atoms with van der Waals surface area (Å²) in [6.45, 7) is 4.33. The van der Waals surface area contributed by atoms with E-state index in [-0.39, 0.29) is 12.0 Å². The van der Waals surface area contributed by atoms with Gasteiger partial charge in [0.2, 0.25) is 0 Å². The Hall–Kier alpha value is -1.35. The van der Waals surface area contributed by atoms with Gasteiger partial charge in [-0.1, -0.05) is 30.3 Å². The third-order valence-corrected chi connectivity index (χ3v) is 3.25. The van der Waals surface area contributed by atoms with E-state index in [0.717, 1.165) is 18.7 Å². The first-order valence-electron chi connectivity index (χ1n) is 6.22. The highest BCUT2D eigenvalue weighted by atomic mass is 16.5. The van der Waals surface area contributed by atoms with Crippen LogP contribution in [0.5, 0.6) is 0 Å². The predicted molar refractivity (Wildman–Crippen MR) is 66.5 cm³/mol. The largest absolute Gasteiger partial charge is 0.460 e. The molecule has 1 fully saturated rings. The van der Waals surface area contributed by atoms with Crippen LogP contribution in [0, 0.1) is 0 Å². The van der Waals surface area contributed by atoms with E-state index >= 15 is 0 Å². The normalized spacial score (nSPS) is 17.9. The van der Waals surface area contributed by atoms with Gasteiger partial charge in [0.1, 0.15) is 12.6 Å². The quantitative estimate of drug-likeness (QED) is 0.747. The van der Waals surface area contributed by atoms with Crippen molar-refractivity contribution < 1.29 is 9.53 Å². The van der Waals surface area contributed by atoms with Gasteiger partial charge in [-0.05, 0) is 38.4 Å². The lowest BCUT2D eigenvalue weighted by Gasteiger charge is -2.21. The summed E-state index contributed by atoms with van der Waals surface area (Å²) in [4.78, 5) is 14.0. The molecule has 17 heavy (non-hydrogen) atoms. The molecule has 0 bridgehead atoms. The van der Waals surface area contributed by atoms with Crippen molar-refractivity contribution in [2.75, 3.05) is 13.1 Å². The van der Waals surface area contributed by atoms with Gasteiger partial charge in [-0.2, -0.15) is 0 Å². The summed E-state index contributed by atoms with van der Waals surface area (Å²) >= 11 is 0. The Bertz CT molecular complexity index is 358. The molecule has 92 valence electrons. The molecule has 2 rings (SSSR count). The van der Waals surface area contributed by atoms with Crippen molar-refractivity contribution in [2.45, 2.75) is 32.4 Å². The van der Waals surface area contributed by atoms with Gasteiger partial charge < -0.3 is 4.74 Å². The van der Waals surface area contributed by atoms with Crippen molar-refractivity contribution in [1.82, 2.24) is 4.90 Å². The van der Waals surface area contributed by atoms with E-state index in [0.29, 0.717) is 6.61 Å². The van der Waals surface area contributed by atoms with Crippen LogP contribution in [0.4, 0.5) is 0 Å². The maximum absolute atomic E-state index is 11.8. The highest BCUT2D eigenvalue weighted by molar-refractivity contribution is 5.75. The van der Waals surface area contributed by atoms with Crippen molar-refractivity contribution in [3.63, 3.8) is 0 Å². The Morgan fingerprint density at radius 1 is 1.29 bits per heavy atom. The fraction of sp³-hybridized carbons (Fsp3) is 0.500. The van der Waals surface area contributed by atoms with Crippen LogP contribution in [0.25, 0.3) is 0 Å². The molecular formula is C14H19NO2. The van der Waals surface area contributed by atoms with Crippen molar-refractivity contribution in [1.29, 1.82) is 0 Å². The first-order chi connectivity index (χ1) is 8.27. The monoisotopic (exact) mass is 233 g/mol. The maximum Gasteiger partial charge on any atom is 0.323 e. The van der Waals surface area contributed by atoms with Crippen LogP contribution in [0.3, 0.4) is 0 Å². The summed E-state index contributed by atoms with van der Waals surface area (Å²) in [5.74, 6) is -0.115. The number of hydrogen-bond donors (Lipinski definition) is 0. The average Bonchev–Trinajstić information content (AvgIpc) is 2.90. The Kier molecular flexibility index (Phi) is 4.15. The molecular weight excluding hydrogens is 214 g/mol. The zero-order valence-corrected chi connectivity index (χ0v) is 10.3. The molecule has 3 nitrogen and oxygen atoms in total. The van der Waals surface area contributed by atoms with Gasteiger partial charge in [0.25, 0.3) is 0 Å². The molecule has 1 saturated heterocycles. The Balaban J connectivity index is 1.80. The Morgan fingerprint density at radius 3 is 2.59 bits per heavy atom. The minimum atomic E-state index is -0.115.